The number of carbonyl (C=O) groups is 1. The predicted octanol–water partition coefficient (Wildman–Crippen LogP) is 1.29. The van der Waals surface area contributed by atoms with E-state index in [1.54, 1.807) is 43.8 Å². The Morgan fingerprint density at radius 3 is 2.79 bits per heavy atom. The first-order valence-electron chi connectivity index (χ1n) is 5.84. The maximum Gasteiger partial charge on any atom is 0.273 e. The van der Waals surface area contributed by atoms with Crippen molar-refractivity contribution in [3.05, 3.63) is 34.4 Å². The van der Waals surface area contributed by atoms with Crippen LogP contribution in [0.3, 0.4) is 0 Å². The highest BCUT2D eigenvalue weighted by Gasteiger charge is 2.09. The van der Waals surface area contributed by atoms with Crippen molar-refractivity contribution in [2.45, 2.75) is 6.42 Å². The fourth-order valence-electron chi connectivity index (χ4n) is 1.44. The van der Waals surface area contributed by atoms with E-state index >= 15 is 0 Å². The number of thiazole rings is 1. The Hall–Kier alpha value is -2.02. The number of hydrogen-bond acceptors (Lipinski definition) is 6. The minimum atomic E-state index is -0.151. The summed E-state index contributed by atoms with van der Waals surface area (Å²) in [5.74, 6) is 0.508. The molecule has 19 heavy (non-hydrogen) atoms. The molecule has 0 aliphatic heterocycles. The van der Waals surface area contributed by atoms with Crippen LogP contribution in [0, 0.1) is 0 Å². The van der Waals surface area contributed by atoms with Crippen LogP contribution in [0.25, 0.3) is 0 Å². The summed E-state index contributed by atoms with van der Waals surface area (Å²) in [5, 5.41) is 14.1. The van der Waals surface area contributed by atoms with Crippen LogP contribution < -0.4 is 5.32 Å². The Bertz CT molecular complexity index is 524. The number of carbonyl (C=O) groups excluding carboxylic acids is 1. The van der Waals surface area contributed by atoms with Crippen LogP contribution in [0.4, 0.5) is 5.82 Å². The van der Waals surface area contributed by atoms with Crippen LogP contribution in [0.2, 0.25) is 0 Å². The molecule has 0 bridgehead atoms. The zero-order valence-corrected chi connectivity index (χ0v) is 11.6. The van der Waals surface area contributed by atoms with Gasteiger partial charge in [-0.05, 0) is 12.1 Å². The molecule has 0 spiro atoms. The summed E-state index contributed by atoms with van der Waals surface area (Å²) in [5.41, 5.74) is 0.343. The standard InChI is InChI=1S/C12H15N5OS/c1-17(2)12(18)9-3-4-10(16-15-9)13-6-5-11-14-7-8-19-11/h3-4,7-8H,5-6H2,1-2H3,(H,13,16). The molecule has 0 aliphatic carbocycles. The zero-order valence-electron chi connectivity index (χ0n) is 10.8. The first kappa shape index (κ1) is 13.4. The van der Waals surface area contributed by atoms with Crippen LogP contribution in [-0.4, -0.2) is 46.6 Å². The highest BCUT2D eigenvalue weighted by atomic mass is 32.1. The van der Waals surface area contributed by atoms with Crippen molar-refractivity contribution in [2.75, 3.05) is 26.0 Å². The van der Waals surface area contributed by atoms with E-state index < -0.39 is 0 Å². The van der Waals surface area contributed by atoms with E-state index in [1.165, 1.54) is 4.90 Å². The molecule has 1 amide bonds. The molecule has 0 saturated heterocycles. The van der Waals surface area contributed by atoms with E-state index in [0.29, 0.717) is 11.5 Å². The van der Waals surface area contributed by atoms with E-state index in [9.17, 15) is 4.79 Å². The van der Waals surface area contributed by atoms with Gasteiger partial charge in [0, 0.05) is 38.6 Å². The van der Waals surface area contributed by atoms with Crippen LogP contribution in [-0.2, 0) is 6.42 Å². The van der Waals surface area contributed by atoms with Crippen LogP contribution in [0.1, 0.15) is 15.5 Å². The van der Waals surface area contributed by atoms with E-state index in [2.05, 4.69) is 20.5 Å². The first-order chi connectivity index (χ1) is 9.16. The monoisotopic (exact) mass is 277 g/mol. The summed E-state index contributed by atoms with van der Waals surface area (Å²) in [7, 11) is 3.37. The van der Waals surface area contributed by atoms with Gasteiger partial charge in [0.05, 0.1) is 5.01 Å². The largest absolute Gasteiger partial charge is 0.368 e. The Kier molecular flexibility index (Phi) is 4.40. The average molecular weight is 277 g/mol. The fraction of sp³-hybridized carbons (Fsp3) is 0.333. The quantitative estimate of drug-likeness (QED) is 0.891. The van der Waals surface area contributed by atoms with Crippen LogP contribution in [0.5, 0.6) is 0 Å². The first-order valence-corrected chi connectivity index (χ1v) is 6.72. The molecule has 6 nitrogen and oxygen atoms in total. The van der Waals surface area contributed by atoms with Gasteiger partial charge in [-0.3, -0.25) is 4.79 Å². The molecule has 0 fully saturated rings. The molecule has 0 saturated carbocycles. The van der Waals surface area contributed by atoms with Crippen molar-refractivity contribution in [3.8, 4) is 0 Å². The average Bonchev–Trinajstić information content (AvgIpc) is 2.92. The van der Waals surface area contributed by atoms with Gasteiger partial charge in [-0.1, -0.05) is 0 Å². The molecule has 0 aromatic carbocycles. The molecule has 7 heteroatoms. The molecule has 0 atom stereocenters. The second kappa shape index (κ2) is 6.24. The topological polar surface area (TPSA) is 71.0 Å². The lowest BCUT2D eigenvalue weighted by molar-refractivity contribution is 0.0821. The fourth-order valence-corrected chi connectivity index (χ4v) is 2.06. The van der Waals surface area contributed by atoms with E-state index in [1.807, 2.05) is 5.38 Å². The molecule has 2 rings (SSSR count). The van der Waals surface area contributed by atoms with Gasteiger partial charge in [0.2, 0.25) is 0 Å². The third-order valence-electron chi connectivity index (χ3n) is 2.42. The molecule has 1 N–H and O–H groups in total. The minimum Gasteiger partial charge on any atom is -0.368 e. The Balaban J connectivity index is 1.86. The lowest BCUT2D eigenvalue weighted by Gasteiger charge is -2.09. The van der Waals surface area contributed by atoms with Crippen LogP contribution >= 0.6 is 11.3 Å². The van der Waals surface area contributed by atoms with E-state index in [-0.39, 0.29) is 5.91 Å². The van der Waals surface area contributed by atoms with Crippen molar-refractivity contribution in [2.24, 2.45) is 0 Å². The summed E-state index contributed by atoms with van der Waals surface area (Å²) >= 11 is 1.63. The second-order valence-electron chi connectivity index (χ2n) is 4.11. The van der Waals surface area contributed by atoms with Gasteiger partial charge >= 0.3 is 0 Å². The zero-order chi connectivity index (χ0) is 13.7. The van der Waals surface area contributed by atoms with Crippen molar-refractivity contribution < 1.29 is 4.79 Å². The molecule has 2 aromatic rings. The molecule has 0 unspecified atom stereocenters. The highest BCUT2D eigenvalue weighted by molar-refractivity contribution is 7.09. The summed E-state index contributed by atoms with van der Waals surface area (Å²) in [4.78, 5) is 17.3. The Labute approximate surface area is 115 Å². The second-order valence-corrected chi connectivity index (χ2v) is 5.09. The minimum absolute atomic E-state index is 0.151. The summed E-state index contributed by atoms with van der Waals surface area (Å²) in [6, 6.07) is 3.42. The molecule has 0 radical (unpaired) electrons. The molecule has 100 valence electrons. The van der Waals surface area contributed by atoms with E-state index in [0.717, 1.165) is 18.0 Å². The van der Waals surface area contributed by atoms with Crippen molar-refractivity contribution in [1.29, 1.82) is 0 Å². The van der Waals surface area contributed by atoms with Gasteiger partial charge in [-0.2, -0.15) is 0 Å². The smallest absolute Gasteiger partial charge is 0.273 e. The van der Waals surface area contributed by atoms with Crippen molar-refractivity contribution >= 4 is 23.1 Å². The SMILES string of the molecule is CN(C)C(=O)c1ccc(NCCc2nccs2)nn1. The van der Waals surface area contributed by atoms with Gasteiger partial charge in [-0.15, -0.1) is 21.5 Å². The van der Waals surface area contributed by atoms with Gasteiger partial charge in [0.25, 0.3) is 5.91 Å². The maximum atomic E-state index is 11.6. The molecular formula is C12H15N5OS. The van der Waals surface area contributed by atoms with Gasteiger partial charge in [-0.25, -0.2) is 4.98 Å². The Morgan fingerprint density at radius 1 is 1.37 bits per heavy atom. The summed E-state index contributed by atoms with van der Waals surface area (Å²) < 4.78 is 0. The van der Waals surface area contributed by atoms with Crippen LogP contribution in [0.15, 0.2) is 23.7 Å². The normalized spacial score (nSPS) is 10.2. The van der Waals surface area contributed by atoms with Gasteiger partial charge in [0.1, 0.15) is 5.82 Å². The van der Waals surface area contributed by atoms with Gasteiger partial charge in [0.15, 0.2) is 5.69 Å². The lowest BCUT2D eigenvalue weighted by Crippen LogP contribution is -2.23. The van der Waals surface area contributed by atoms with Crippen molar-refractivity contribution in [3.63, 3.8) is 0 Å². The molecule has 2 heterocycles. The maximum absolute atomic E-state index is 11.6. The molecule has 0 aliphatic rings. The van der Waals surface area contributed by atoms with E-state index in [4.69, 9.17) is 0 Å². The Morgan fingerprint density at radius 2 is 2.21 bits per heavy atom. The van der Waals surface area contributed by atoms with Gasteiger partial charge < -0.3 is 10.2 Å². The molecular weight excluding hydrogens is 262 g/mol. The predicted molar refractivity (Wildman–Crippen MR) is 74.4 cm³/mol. The number of amides is 1. The number of aromatic nitrogens is 3. The molecule has 2 aromatic heterocycles. The number of nitrogens with one attached hydrogen (secondary N) is 1. The third kappa shape index (κ3) is 3.72. The summed E-state index contributed by atoms with van der Waals surface area (Å²) in [6.07, 6.45) is 2.64. The third-order valence-corrected chi connectivity index (χ3v) is 3.26. The number of anilines is 1. The highest BCUT2D eigenvalue weighted by Crippen LogP contribution is 2.06. The van der Waals surface area contributed by atoms with Crippen molar-refractivity contribution in [1.82, 2.24) is 20.1 Å². The number of hydrogen-bond donors (Lipinski definition) is 1. The number of nitrogens with zero attached hydrogens (tertiary/aromatic N) is 4. The number of rotatable bonds is 5. The lowest BCUT2D eigenvalue weighted by atomic mass is 10.3. The summed E-state index contributed by atoms with van der Waals surface area (Å²) in [6.45, 7) is 0.739.